The lowest BCUT2D eigenvalue weighted by molar-refractivity contribution is -0.120. The molecule has 102 valence electrons. The average Bonchev–Trinajstić information content (AvgIpc) is 2.34. The monoisotopic (exact) mass is 280 g/mol. The fourth-order valence-electron chi connectivity index (χ4n) is 1.61. The molecule has 1 aromatic rings. The molecule has 1 rings (SSSR count). The normalized spacial score (nSPS) is 10.1. The Hall–Kier alpha value is -1.80. The van der Waals surface area contributed by atoms with Crippen molar-refractivity contribution in [3.8, 4) is 6.07 Å². The van der Waals surface area contributed by atoms with Gasteiger partial charge >= 0.3 is 0 Å². The Bertz CT molecular complexity index is 496. The summed E-state index contributed by atoms with van der Waals surface area (Å²) < 4.78 is 0. The molecule has 0 aromatic carbocycles. The number of anilines is 1. The molecule has 0 aliphatic heterocycles. The third-order valence-electron chi connectivity index (χ3n) is 2.40. The summed E-state index contributed by atoms with van der Waals surface area (Å²) in [5.74, 6) is 0.447. The van der Waals surface area contributed by atoms with Gasteiger partial charge in [0, 0.05) is 12.6 Å². The number of likely N-dealkylation sites (N-methyl/N-ethyl adjacent to an activating group) is 1. The Labute approximate surface area is 118 Å². The summed E-state index contributed by atoms with van der Waals surface area (Å²) in [4.78, 5) is 17.7. The molecule has 1 aromatic heterocycles. The van der Waals surface area contributed by atoms with Crippen LogP contribution in [-0.2, 0) is 4.79 Å². The molecule has 6 heteroatoms. The first-order valence-corrected chi connectivity index (χ1v) is 6.46. The molecule has 0 spiro atoms. The number of nitriles is 1. The quantitative estimate of drug-likeness (QED) is 0.837. The molecule has 0 atom stereocenters. The number of hydrogen-bond acceptors (Lipinski definition) is 4. The summed E-state index contributed by atoms with van der Waals surface area (Å²) in [6.45, 7) is 6.51. The molecule has 0 bridgehead atoms. The standard InChI is InChI=1S/C13H17ClN4O/c1-4-18(8-13(19)16-9(2)3)12-6-10(7-15)5-11(14)17-12/h5-6,9H,4,8H2,1-3H3,(H,16,19). The Balaban J connectivity index is 2.88. The van der Waals surface area contributed by atoms with Crippen molar-refractivity contribution in [3.63, 3.8) is 0 Å². The second-order valence-corrected chi connectivity index (χ2v) is 4.77. The van der Waals surface area contributed by atoms with Crippen LogP contribution in [0.1, 0.15) is 26.3 Å². The highest BCUT2D eigenvalue weighted by Gasteiger charge is 2.13. The maximum Gasteiger partial charge on any atom is 0.239 e. The molecule has 0 saturated heterocycles. The number of aromatic nitrogens is 1. The minimum absolute atomic E-state index is 0.0860. The second kappa shape index (κ2) is 6.95. The third-order valence-corrected chi connectivity index (χ3v) is 2.59. The first-order chi connectivity index (χ1) is 8.96. The molecule has 19 heavy (non-hydrogen) atoms. The van der Waals surface area contributed by atoms with Crippen molar-refractivity contribution in [1.82, 2.24) is 10.3 Å². The maximum atomic E-state index is 11.8. The highest BCUT2D eigenvalue weighted by atomic mass is 35.5. The van der Waals surface area contributed by atoms with Gasteiger partial charge in [-0.3, -0.25) is 4.79 Å². The number of carbonyl (C=O) groups excluding carboxylic acids is 1. The summed E-state index contributed by atoms with van der Waals surface area (Å²) in [6, 6.07) is 5.23. The molecule has 0 unspecified atom stereocenters. The Kier molecular flexibility index (Phi) is 5.58. The maximum absolute atomic E-state index is 11.8. The Morgan fingerprint density at radius 3 is 2.79 bits per heavy atom. The van der Waals surface area contributed by atoms with Gasteiger partial charge in [0.05, 0.1) is 18.2 Å². The van der Waals surface area contributed by atoms with Crippen molar-refractivity contribution < 1.29 is 4.79 Å². The number of carbonyl (C=O) groups is 1. The molecular weight excluding hydrogens is 264 g/mol. The zero-order valence-corrected chi connectivity index (χ0v) is 12.0. The van der Waals surface area contributed by atoms with E-state index in [0.29, 0.717) is 17.9 Å². The van der Waals surface area contributed by atoms with Crippen LogP contribution in [0.5, 0.6) is 0 Å². The van der Waals surface area contributed by atoms with E-state index in [1.807, 2.05) is 26.8 Å². The van der Waals surface area contributed by atoms with Crippen LogP contribution in [0.15, 0.2) is 12.1 Å². The molecule has 0 fully saturated rings. The van der Waals surface area contributed by atoms with Crippen LogP contribution in [0.3, 0.4) is 0 Å². The predicted octanol–water partition coefficient (Wildman–Crippen LogP) is 1.96. The van der Waals surface area contributed by atoms with Gasteiger partial charge in [0.1, 0.15) is 11.0 Å². The van der Waals surface area contributed by atoms with E-state index in [9.17, 15) is 4.79 Å². The summed E-state index contributed by atoms with van der Waals surface area (Å²) in [5.41, 5.74) is 0.428. The molecular formula is C13H17ClN4O. The van der Waals surface area contributed by atoms with E-state index >= 15 is 0 Å². The van der Waals surface area contributed by atoms with Gasteiger partial charge in [0.2, 0.25) is 5.91 Å². The van der Waals surface area contributed by atoms with Gasteiger partial charge in [0.25, 0.3) is 0 Å². The van der Waals surface area contributed by atoms with Crippen LogP contribution in [0.4, 0.5) is 5.82 Å². The van der Waals surface area contributed by atoms with Crippen molar-refractivity contribution >= 4 is 23.3 Å². The van der Waals surface area contributed by atoms with Gasteiger partial charge in [-0.05, 0) is 32.9 Å². The largest absolute Gasteiger partial charge is 0.352 e. The minimum Gasteiger partial charge on any atom is -0.352 e. The SMILES string of the molecule is CCN(CC(=O)NC(C)C)c1cc(C#N)cc(Cl)n1. The minimum atomic E-state index is -0.0860. The van der Waals surface area contributed by atoms with Crippen LogP contribution in [-0.4, -0.2) is 30.0 Å². The summed E-state index contributed by atoms with van der Waals surface area (Å²) >= 11 is 5.86. The first kappa shape index (κ1) is 15.3. The van der Waals surface area contributed by atoms with Crippen LogP contribution in [0.2, 0.25) is 5.15 Å². The molecule has 1 heterocycles. The molecule has 5 nitrogen and oxygen atoms in total. The van der Waals surface area contributed by atoms with Crippen LogP contribution >= 0.6 is 11.6 Å². The molecule has 0 radical (unpaired) electrons. The fraction of sp³-hybridized carbons (Fsp3) is 0.462. The zero-order valence-electron chi connectivity index (χ0n) is 11.3. The van der Waals surface area contributed by atoms with Gasteiger partial charge < -0.3 is 10.2 Å². The summed E-state index contributed by atoms with van der Waals surface area (Å²) in [6.07, 6.45) is 0. The summed E-state index contributed by atoms with van der Waals surface area (Å²) in [7, 11) is 0. The van der Waals surface area contributed by atoms with Gasteiger partial charge in [-0.25, -0.2) is 4.98 Å². The van der Waals surface area contributed by atoms with Crippen molar-refractivity contribution in [2.24, 2.45) is 0 Å². The van der Waals surface area contributed by atoms with Gasteiger partial charge in [0.15, 0.2) is 0 Å². The molecule has 1 N–H and O–H groups in total. The molecule has 1 amide bonds. The number of rotatable bonds is 5. The number of nitrogens with one attached hydrogen (secondary N) is 1. The topological polar surface area (TPSA) is 69.0 Å². The van der Waals surface area contributed by atoms with Gasteiger partial charge in [-0.1, -0.05) is 11.6 Å². The zero-order chi connectivity index (χ0) is 14.4. The molecule has 0 aliphatic carbocycles. The summed E-state index contributed by atoms with van der Waals surface area (Å²) in [5, 5.41) is 12.0. The van der Waals surface area contributed by atoms with Crippen molar-refractivity contribution in [1.29, 1.82) is 5.26 Å². The Morgan fingerprint density at radius 2 is 2.26 bits per heavy atom. The van der Waals surface area contributed by atoms with E-state index in [-0.39, 0.29) is 23.6 Å². The van der Waals surface area contributed by atoms with Crippen LogP contribution < -0.4 is 10.2 Å². The highest BCUT2D eigenvalue weighted by Crippen LogP contribution is 2.17. The van der Waals surface area contributed by atoms with Gasteiger partial charge in [-0.15, -0.1) is 0 Å². The molecule has 0 aliphatic rings. The average molecular weight is 281 g/mol. The highest BCUT2D eigenvalue weighted by molar-refractivity contribution is 6.29. The lowest BCUT2D eigenvalue weighted by Crippen LogP contribution is -2.40. The van der Waals surface area contributed by atoms with E-state index in [2.05, 4.69) is 10.3 Å². The van der Waals surface area contributed by atoms with E-state index in [0.717, 1.165) is 0 Å². The van der Waals surface area contributed by atoms with E-state index in [4.69, 9.17) is 16.9 Å². The number of hydrogen-bond donors (Lipinski definition) is 1. The Morgan fingerprint density at radius 1 is 1.58 bits per heavy atom. The smallest absolute Gasteiger partial charge is 0.239 e. The van der Waals surface area contributed by atoms with E-state index < -0.39 is 0 Å². The third kappa shape index (κ3) is 4.76. The van der Waals surface area contributed by atoms with E-state index in [1.165, 1.54) is 6.07 Å². The number of amides is 1. The van der Waals surface area contributed by atoms with Gasteiger partial charge in [-0.2, -0.15) is 5.26 Å². The number of halogens is 1. The van der Waals surface area contributed by atoms with Crippen LogP contribution in [0.25, 0.3) is 0 Å². The van der Waals surface area contributed by atoms with Crippen molar-refractivity contribution in [2.75, 3.05) is 18.0 Å². The predicted molar refractivity (Wildman–Crippen MR) is 75.1 cm³/mol. The number of pyridine rings is 1. The van der Waals surface area contributed by atoms with Crippen LogP contribution in [0, 0.1) is 11.3 Å². The molecule has 0 saturated carbocycles. The first-order valence-electron chi connectivity index (χ1n) is 6.08. The van der Waals surface area contributed by atoms with Crippen molar-refractivity contribution in [3.05, 3.63) is 22.8 Å². The van der Waals surface area contributed by atoms with Crippen molar-refractivity contribution in [2.45, 2.75) is 26.8 Å². The lowest BCUT2D eigenvalue weighted by atomic mass is 10.2. The fourth-order valence-corrected chi connectivity index (χ4v) is 1.81. The van der Waals surface area contributed by atoms with E-state index in [1.54, 1.807) is 11.0 Å². The second-order valence-electron chi connectivity index (χ2n) is 4.38. The number of nitrogens with zero attached hydrogens (tertiary/aromatic N) is 3. The lowest BCUT2D eigenvalue weighted by Gasteiger charge is -2.22.